The lowest BCUT2D eigenvalue weighted by atomic mass is 9.99. The summed E-state index contributed by atoms with van der Waals surface area (Å²) < 4.78 is 10.8. The van der Waals surface area contributed by atoms with Crippen molar-refractivity contribution in [2.45, 2.75) is 20.4 Å². The Morgan fingerprint density at radius 3 is 2.29 bits per heavy atom. The quantitative estimate of drug-likeness (QED) is 0.837. The number of rotatable bonds is 7. The maximum Gasteiger partial charge on any atom is 0.119 e. The molecule has 2 aromatic carbocycles. The molecule has 0 bridgehead atoms. The van der Waals surface area contributed by atoms with E-state index in [1.54, 1.807) is 7.11 Å². The van der Waals surface area contributed by atoms with Crippen LogP contribution in [0.1, 0.15) is 19.4 Å². The molecule has 0 aromatic heterocycles. The number of methoxy groups -OCH3 is 1. The Morgan fingerprint density at radius 2 is 1.67 bits per heavy atom. The first-order chi connectivity index (χ1) is 10.3. The van der Waals surface area contributed by atoms with Crippen LogP contribution in [0.25, 0.3) is 11.1 Å². The zero-order valence-corrected chi connectivity index (χ0v) is 13.0. The van der Waals surface area contributed by atoms with E-state index in [0.29, 0.717) is 6.61 Å². The molecule has 1 N–H and O–H groups in total. The third-order valence-electron chi connectivity index (χ3n) is 3.35. The van der Waals surface area contributed by atoms with Crippen LogP contribution in [-0.2, 0) is 6.54 Å². The first kappa shape index (κ1) is 15.4. The van der Waals surface area contributed by atoms with E-state index in [2.05, 4.69) is 36.5 Å². The summed E-state index contributed by atoms with van der Waals surface area (Å²) in [6, 6.07) is 14.4. The molecule has 112 valence electrons. The summed E-state index contributed by atoms with van der Waals surface area (Å²) in [4.78, 5) is 0. The van der Waals surface area contributed by atoms with Crippen LogP contribution < -0.4 is 14.8 Å². The second kappa shape index (κ2) is 7.70. The Hall–Kier alpha value is -2.00. The van der Waals surface area contributed by atoms with Gasteiger partial charge in [0, 0.05) is 6.54 Å². The molecule has 3 heteroatoms. The Kier molecular flexibility index (Phi) is 5.64. The maximum absolute atomic E-state index is 5.50. The van der Waals surface area contributed by atoms with Gasteiger partial charge in [-0.25, -0.2) is 0 Å². The van der Waals surface area contributed by atoms with E-state index in [9.17, 15) is 0 Å². The van der Waals surface area contributed by atoms with Gasteiger partial charge < -0.3 is 14.8 Å². The normalized spacial score (nSPS) is 10.4. The molecule has 2 rings (SSSR count). The summed E-state index contributed by atoms with van der Waals surface area (Å²) in [6.45, 7) is 6.56. The van der Waals surface area contributed by atoms with Crippen molar-refractivity contribution in [3.05, 3.63) is 48.0 Å². The third kappa shape index (κ3) is 3.99. The largest absolute Gasteiger partial charge is 0.497 e. The van der Waals surface area contributed by atoms with Gasteiger partial charge in [-0.05, 0) is 54.4 Å². The van der Waals surface area contributed by atoms with Crippen LogP contribution in [0.4, 0.5) is 0 Å². The Morgan fingerprint density at radius 1 is 0.952 bits per heavy atom. The number of benzene rings is 2. The fraction of sp³-hybridized carbons (Fsp3) is 0.333. The fourth-order valence-electron chi connectivity index (χ4n) is 2.28. The minimum absolute atomic E-state index is 0.688. The van der Waals surface area contributed by atoms with Crippen molar-refractivity contribution in [1.82, 2.24) is 5.32 Å². The first-order valence-electron chi connectivity index (χ1n) is 7.39. The average Bonchev–Trinajstić information content (AvgIpc) is 2.54. The topological polar surface area (TPSA) is 30.5 Å². The van der Waals surface area contributed by atoms with Crippen molar-refractivity contribution in [2.75, 3.05) is 20.3 Å². The van der Waals surface area contributed by atoms with Gasteiger partial charge in [0.05, 0.1) is 13.7 Å². The summed E-state index contributed by atoms with van der Waals surface area (Å²) in [5.74, 6) is 1.79. The molecule has 0 saturated heterocycles. The van der Waals surface area contributed by atoms with E-state index in [1.807, 2.05) is 25.1 Å². The molecular weight excluding hydrogens is 262 g/mol. The SMILES string of the molecule is CCNCc1cc(OC)ccc1-c1ccc(OCC)cc1. The molecule has 0 radical (unpaired) electrons. The predicted octanol–water partition coefficient (Wildman–Crippen LogP) is 3.87. The molecule has 0 aliphatic heterocycles. The standard InChI is InChI=1S/C18H23NO2/c1-4-19-13-15-12-17(20-3)10-11-18(15)14-6-8-16(9-7-14)21-5-2/h6-12,19H,4-5,13H2,1-3H3. The van der Waals surface area contributed by atoms with Crippen LogP contribution >= 0.6 is 0 Å². The number of hydrogen-bond donors (Lipinski definition) is 1. The van der Waals surface area contributed by atoms with Gasteiger partial charge in [0.1, 0.15) is 11.5 Å². The van der Waals surface area contributed by atoms with Crippen LogP contribution in [-0.4, -0.2) is 20.3 Å². The lowest BCUT2D eigenvalue weighted by Gasteiger charge is -2.13. The molecule has 0 amide bonds. The monoisotopic (exact) mass is 285 g/mol. The van der Waals surface area contributed by atoms with Gasteiger partial charge in [0.15, 0.2) is 0 Å². The van der Waals surface area contributed by atoms with E-state index in [0.717, 1.165) is 24.6 Å². The van der Waals surface area contributed by atoms with Gasteiger partial charge in [-0.2, -0.15) is 0 Å². The Balaban J connectivity index is 2.32. The summed E-state index contributed by atoms with van der Waals surface area (Å²) in [7, 11) is 1.70. The zero-order valence-electron chi connectivity index (χ0n) is 13.0. The summed E-state index contributed by atoms with van der Waals surface area (Å²) in [5.41, 5.74) is 3.65. The van der Waals surface area contributed by atoms with Gasteiger partial charge in [0.25, 0.3) is 0 Å². The second-order valence-corrected chi connectivity index (χ2v) is 4.76. The van der Waals surface area contributed by atoms with Crippen molar-refractivity contribution in [1.29, 1.82) is 0 Å². The van der Waals surface area contributed by atoms with Gasteiger partial charge in [-0.15, -0.1) is 0 Å². The van der Waals surface area contributed by atoms with Gasteiger partial charge in [0.2, 0.25) is 0 Å². The van der Waals surface area contributed by atoms with Crippen LogP contribution in [0.5, 0.6) is 11.5 Å². The fourth-order valence-corrected chi connectivity index (χ4v) is 2.28. The van der Waals surface area contributed by atoms with Crippen molar-refractivity contribution in [3.63, 3.8) is 0 Å². The predicted molar refractivity (Wildman–Crippen MR) is 87.0 cm³/mol. The van der Waals surface area contributed by atoms with Gasteiger partial charge in [-0.1, -0.05) is 25.1 Å². The lowest BCUT2D eigenvalue weighted by Crippen LogP contribution is -2.12. The van der Waals surface area contributed by atoms with E-state index >= 15 is 0 Å². The molecule has 0 saturated carbocycles. The lowest BCUT2D eigenvalue weighted by molar-refractivity contribution is 0.340. The van der Waals surface area contributed by atoms with Crippen LogP contribution in [0, 0.1) is 0 Å². The molecular formula is C18H23NO2. The molecule has 0 unspecified atom stereocenters. The number of nitrogens with one attached hydrogen (secondary N) is 1. The van der Waals surface area contributed by atoms with E-state index < -0.39 is 0 Å². The zero-order chi connectivity index (χ0) is 15.1. The van der Waals surface area contributed by atoms with Crippen molar-refractivity contribution in [2.24, 2.45) is 0 Å². The summed E-state index contributed by atoms with van der Waals surface area (Å²) in [5, 5.41) is 3.38. The Bertz CT molecular complexity index is 564. The summed E-state index contributed by atoms with van der Waals surface area (Å²) in [6.07, 6.45) is 0. The summed E-state index contributed by atoms with van der Waals surface area (Å²) >= 11 is 0. The van der Waals surface area contributed by atoms with Gasteiger partial charge in [-0.3, -0.25) is 0 Å². The highest BCUT2D eigenvalue weighted by atomic mass is 16.5. The van der Waals surface area contributed by atoms with Crippen molar-refractivity contribution >= 4 is 0 Å². The van der Waals surface area contributed by atoms with Crippen LogP contribution in [0.15, 0.2) is 42.5 Å². The second-order valence-electron chi connectivity index (χ2n) is 4.76. The molecule has 2 aromatic rings. The molecule has 0 aliphatic carbocycles. The molecule has 0 fully saturated rings. The van der Waals surface area contributed by atoms with Crippen molar-refractivity contribution in [3.8, 4) is 22.6 Å². The number of ether oxygens (including phenoxy) is 2. The number of hydrogen-bond acceptors (Lipinski definition) is 3. The average molecular weight is 285 g/mol. The highest BCUT2D eigenvalue weighted by molar-refractivity contribution is 5.69. The van der Waals surface area contributed by atoms with Crippen LogP contribution in [0.3, 0.4) is 0 Å². The molecule has 0 heterocycles. The van der Waals surface area contributed by atoms with Crippen molar-refractivity contribution < 1.29 is 9.47 Å². The molecule has 0 spiro atoms. The smallest absolute Gasteiger partial charge is 0.119 e. The third-order valence-corrected chi connectivity index (χ3v) is 3.35. The maximum atomic E-state index is 5.50. The Labute approximate surface area is 126 Å². The molecule has 0 atom stereocenters. The van der Waals surface area contributed by atoms with E-state index in [1.165, 1.54) is 16.7 Å². The van der Waals surface area contributed by atoms with Crippen LogP contribution in [0.2, 0.25) is 0 Å². The minimum atomic E-state index is 0.688. The molecule has 3 nitrogen and oxygen atoms in total. The van der Waals surface area contributed by atoms with E-state index in [-0.39, 0.29) is 0 Å². The van der Waals surface area contributed by atoms with E-state index in [4.69, 9.17) is 9.47 Å². The minimum Gasteiger partial charge on any atom is -0.497 e. The molecule has 21 heavy (non-hydrogen) atoms. The first-order valence-corrected chi connectivity index (χ1v) is 7.39. The highest BCUT2D eigenvalue weighted by Gasteiger charge is 2.07. The van der Waals surface area contributed by atoms with Gasteiger partial charge >= 0.3 is 0 Å². The highest BCUT2D eigenvalue weighted by Crippen LogP contribution is 2.29. The molecule has 0 aliphatic rings.